The third-order valence-corrected chi connectivity index (χ3v) is 6.51. The van der Waals surface area contributed by atoms with Crippen molar-refractivity contribution in [1.29, 1.82) is 0 Å². The van der Waals surface area contributed by atoms with Gasteiger partial charge in [0.25, 0.3) is 10.0 Å². The predicted molar refractivity (Wildman–Crippen MR) is 110 cm³/mol. The standard InChI is InChI=1S/C19H15N5O2S2/c25-28(26,18-5-3-13-27-18)24-15-8-6-14(7-9-15)22-19-21-12-10-17(23-19)16-4-1-2-11-20-16/h1-13,24H,(H,21,22,23). The number of nitrogens with zero attached hydrogens (tertiary/aromatic N) is 3. The van der Waals surface area contributed by atoms with Crippen LogP contribution in [0, 0.1) is 0 Å². The molecule has 0 aliphatic carbocycles. The second kappa shape index (κ2) is 7.75. The molecular weight excluding hydrogens is 394 g/mol. The summed E-state index contributed by atoms with van der Waals surface area (Å²) in [6.45, 7) is 0. The van der Waals surface area contributed by atoms with E-state index in [0.717, 1.165) is 11.4 Å². The molecule has 28 heavy (non-hydrogen) atoms. The zero-order chi connectivity index (χ0) is 19.4. The molecule has 3 heterocycles. The van der Waals surface area contributed by atoms with Gasteiger partial charge >= 0.3 is 0 Å². The van der Waals surface area contributed by atoms with Gasteiger partial charge in [0.05, 0.1) is 11.4 Å². The molecule has 0 unspecified atom stereocenters. The molecule has 0 fully saturated rings. The number of anilines is 3. The fourth-order valence-electron chi connectivity index (χ4n) is 2.45. The van der Waals surface area contributed by atoms with Crippen molar-refractivity contribution >= 4 is 38.7 Å². The lowest BCUT2D eigenvalue weighted by molar-refractivity contribution is 0.603. The fraction of sp³-hybridized carbons (Fsp3) is 0. The Morgan fingerprint density at radius 2 is 1.61 bits per heavy atom. The third-order valence-electron chi connectivity index (χ3n) is 3.74. The molecule has 0 bridgehead atoms. The maximum absolute atomic E-state index is 12.3. The minimum absolute atomic E-state index is 0.273. The first-order valence-electron chi connectivity index (χ1n) is 8.28. The van der Waals surface area contributed by atoms with Crippen LogP contribution < -0.4 is 10.0 Å². The van der Waals surface area contributed by atoms with E-state index in [4.69, 9.17) is 0 Å². The normalized spacial score (nSPS) is 11.1. The predicted octanol–water partition coefficient (Wildman–Crippen LogP) is 4.14. The van der Waals surface area contributed by atoms with Crippen molar-refractivity contribution in [1.82, 2.24) is 15.0 Å². The number of aromatic nitrogens is 3. The summed E-state index contributed by atoms with van der Waals surface area (Å²) in [7, 11) is -3.56. The first-order chi connectivity index (χ1) is 13.6. The van der Waals surface area contributed by atoms with Crippen molar-refractivity contribution in [3.8, 4) is 11.4 Å². The topological polar surface area (TPSA) is 96.9 Å². The molecule has 0 atom stereocenters. The van der Waals surface area contributed by atoms with Gasteiger partial charge in [0.1, 0.15) is 4.21 Å². The average Bonchev–Trinajstić information content (AvgIpc) is 3.26. The Labute approximate surface area is 166 Å². The Bertz CT molecular complexity index is 1160. The maximum Gasteiger partial charge on any atom is 0.271 e. The molecule has 4 rings (SSSR count). The lowest BCUT2D eigenvalue weighted by Gasteiger charge is -2.09. The smallest absolute Gasteiger partial charge is 0.271 e. The largest absolute Gasteiger partial charge is 0.324 e. The number of pyridine rings is 1. The second-order valence-electron chi connectivity index (χ2n) is 5.72. The van der Waals surface area contributed by atoms with Crippen LogP contribution in [-0.2, 0) is 10.0 Å². The molecule has 0 spiro atoms. The zero-order valence-corrected chi connectivity index (χ0v) is 16.1. The quantitative estimate of drug-likeness (QED) is 0.497. The van der Waals surface area contributed by atoms with Gasteiger partial charge in [-0.2, -0.15) is 0 Å². The van der Waals surface area contributed by atoms with Crippen molar-refractivity contribution < 1.29 is 8.42 Å². The number of hydrogen-bond acceptors (Lipinski definition) is 7. The van der Waals surface area contributed by atoms with E-state index in [0.29, 0.717) is 17.3 Å². The van der Waals surface area contributed by atoms with Crippen molar-refractivity contribution in [2.75, 3.05) is 10.0 Å². The molecule has 140 valence electrons. The van der Waals surface area contributed by atoms with Gasteiger partial charge < -0.3 is 5.32 Å². The first-order valence-corrected chi connectivity index (χ1v) is 10.6. The molecular formula is C19H15N5O2S2. The summed E-state index contributed by atoms with van der Waals surface area (Å²) in [4.78, 5) is 13.0. The van der Waals surface area contributed by atoms with Crippen molar-refractivity contribution in [3.05, 3.63) is 78.4 Å². The van der Waals surface area contributed by atoms with Gasteiger partial charge in [-0.25, -0.2) is 18.4 Å². The molecule has 0 amide bonds. The Morgan fingerprint density at radius 1 is 0.786 bits per heavy atom. The van der Waals surface area contributed by atoms with Crippen LogP contribution >= 0.6 is 11.3 Å². The van der Waals surface area contributed by atoms with Gasteiger partial charge in [0.2, 0.25) is 5.95 Å². The van der Waals surface area contributed by atoms with Gasteiger partial charge in [-0.15, -0.1) is 11.3 Å². The van der Waals surface area contributed by atoms with Gasteiger partial charge in [0.15, 0.2) is 0 Å². The first kappa shape index (κ1) is 18.1. The van der Waals surface area contributed by atoms with Gasteiger partial charge in [-0.3, -0.25) is 9.71 Å². The third kappa shape index (κ3) is 4.16. The number of sulfonamides is 1. The average molecular weight is 409 g/mol. The molecule has 4 aromatic rings. The zero-order valence-electron chi connectivity index (χ0n) is 14.5. The van der Waals surface area contributed by atoms with Crippen LogP contribution in [0.25, 0.3) is 11.4 Å². The molecule has 0 radical (unpaired) electrons. The number of rotatable bonds is 6. The van der Waals surface area contributed by atoms with E-state index in [1.54, 1.807) is 60.2 Å². The van der Waals surface area contributed by atoms with Gasteiger partial charge in [-0.1, -0.05) is 12.1 Å². The van der Waals surface area contributed by atoms with Crippen LogP contribution in [0.4, 0.5) is 17.3 Å². The summed E-state index contributed by atoms with van der Waals surface area (Å²) in [5, 5.41) is 4.83. The van der Waals surface area contributed by atoms with E-state index < -0.39 is 10.0 Å². The highest BCUT2D eigenvalue weighted by molar-refractivity contribution is 7.94. The second-order valence-corrected chi connectivity index (χ2v) is 8.58. The maximum atomic E-state index is 12.3. The highest BCUT2D eigenvalue weighted by Gasteiger charge is 2.14. The molecule has 7 nitrogen and oxygen atoms in total. The minimum Gasteiger partial charge on any atom is -0.324 e. The SMILES string of the molecule is O=S(=O)(Nc1ccc(Nc2nccc(-c3ccccn3)n2)cc1)c1cccs1. The number of hydrogen-bond donors (Lipinski definition) is 2. The monoisotopic (exact) mass is 409 g/mol. The Balaban J connectivity index is 1.48. The molecule has 3 aromatic heterocycles. The molecule has 9 heteroatoms. The van der Waals surface area contributed by atoms with Gasteiger partial charge in [0, 0.05) is 23.8 Å². The number of benzene rings is 1. The molecule has 0 saturated heterocycles. The highest BCUT2D eigenvalue weighted by Crippen LogP contribution is 2.23. The van der Waals surface area contributed by atoms with E-state index in [1.165, 1.54) is 11.3 Å². The van der Waals surface area contributed by atoms with E-state index in [9.17, 15) is 8.42 Å². The summed E-state index contributed by atoms with van der Waals surface area (Å²) in [5.74, 6) is 0.426. The molecule has 2 N–H and O–H groups in total. The molecule has 0 saturated carbocycles. The van der Waals surface area contributed by atoms with Crippen LogP contribution in [0.5, 0.6) is 0 Å². The lowest BCUT2D eigenvalue weighted by atomic mass is 10.2. The van der Waals surface area contributed by atoms with Crippen LogP contribution in [-0.4, -0.2) is 23.4 Å². The summed E-state index contributed by atoms with van der Waals surface area (Å²) in [5.41, 5.74) is 2.67. The summed E-state index contributed by atoms with van der Waals surface area (Å²) < 4.78 is 27.4. The molecule has 0 aliphatic rings. The minimum atomic E-state index is -3.56. The van der Waals surface area contributed by atoms with E-state index in [1.807, 2.05) is 18.2 Å². The van der Waals surface area contributed by atoms with E-state index in [-0.39, 0.29) is 4.21 Å². The van der Waals surface area contributed by atoms with E-state index in [2.05, 4.69) is 25.0 Å². The van der Waals surface area contributed by atoms with Crippen molar-refractivity contribution in [2.45, 2.75) is 4.21 Å². The van der Waals surface area contributed by atoms with Crippen LogP contribution in [0.2, 0.25) is 0 Å². The van der Waals surface area contributed by atoms with Crippen molar-refractivity contribution in [2.24, 2.45) is 0 Å². The molecule has 0 aliphatic heterocycles. The van der Waals surface area contributed by atoms with E-state index >= 15 is 0 Å². The van der Waals surface area contributed by atoms with Gasteiger partial charge in [-0.05, 0) is 53.9 Å². The van der Waals surface area contributed by atoms with Crippen LogP contribution in [0.15, 0.2) is 82.6 Å². The van der Waals surface area contributed by atoms with Crippen LogP contribution in [0.3, 0.4) is 0 Å². The van der Waals surface area contributed by atoms with Crippen LogP contribution in [0.1, 0.15) is 0 Å². The number of thiophene rings is 1. The highest BCUT2D eigenvalue weighted by atomic mass is 32.2. The Hall–Kier alpha value is -3.30. The summed E-state index contributed by atoms with van der Waals surface area (Å²) in [6, 6.07) is 17.5. The fourth-order valence-corrected chi connectivity index (χ4v) is 4.50. The summed E-state index contributed by atoms with van der Waals surface area (Å²) in [6.07, 6.45) is 3.36. The summed E-state index contributed by atoms with van der Waals surface area (Å²) >= 11 is 1.17. The molecule has 1 aromatic carbocycles. The van der Waals surface area contributed by atoms with Crippen molar-refractivity contribution in [3.63, 3.8) is 0 Å². The number of nitrogens with one attached hydrogen (secondary N) is 2. The lowest BCUT2D eigenvalue weighted by Crippen LogP contribution is -2.11. The Kier molecular flexibility index (Phi) is 5.00. The Morgan fingerprint density at radius 3 is 2.32 bits per heavy atom.